The Bertz CT molecular complexity index is 778. The molecule has 26 heavy (non-hydrogen) atoms. The molecule has 0 saturated heterocycles. The first-order chi connectivity index (χ1) is 12.5. The maximum atomic E-state index is 14.3. The zero-order valence-electron chi connectivity index (χ0n) is 15.5. The summed E-state index contributed by atoms with van der Waals surface area (Å²) in [6.07, 6.45) is 4.15. The van der Waals surface area contributed by atoms with Crippen molar-refractivity contribution in [3.05, 3.63) is 52.8 Å². The number of halogens is 1. The molecule has 4 nitrogen and oxygen atoms in total. The minimum absolute atomic E-state index is 0.0871. The Labute approximate surface area is 154 Å². The number of aromatic hydroxyl groups is 1. The van der Waals surface area contributed by atoms with Gasteiger partial charge >= 0.3 is 0 Å². The number of rotatable bonds is 5. The normalized spacial score (nSPS) is 17.9. The molecule has 2 aromatic carbocycles. The first-order valence-electron chi connectivity index (χ1n) is 9.03. The van der Waals surface area contributed by atoms with Crippen molar-refractivity contribution in [2.45, 2.75) is 44.7 Å². The highest BCUT2D eigenvalue weighted by Gasteiger charge is 2.24. The molecule has 0 aromatic heterocycles. The number of aryl methyl sites for hydroxylation is 1. The predicted octanol–water partition coefficient (Wildman–Crippen LogP) is 4.67. The van der Waals surface area contributed by atoms with Gasteiger partial charge in [0.15, 0.2) is 23.1 Å². The number of hydrogen-bond acceptors (Lipinski definition) is 4. The number of benzene rings is 2. The quantitative estimate of drug-likeness (QED) is 0.762. The first-order valence-corrected chi connectivity index (χ1v) is 9.03. The summed E-state index contributed by atoms with van der Waals surface area (Å²) in [5, 5.41) is 13.2. The second-order valence-electron chi connectivity index (χ2n) is 6.77. The molecule has 0 amide bonds. The van der Waals surface area contributed by atoms with Crippen LogP contribution in [0.3, 0.4) is 0 Å². The molecule has 0 heterocycles. The number of hydrogen-bond donors (Lipinski definition) is 2. The molecule has 2 atom stereocenters. The molecule has 0 saturated carbocycles. The smallest absolute Gasteiger partial charge is 0.169 e. The molecule has 2 unspecified atom stereocenters. The summed E-state index contributed by atoms with van der Waals surface area (Å²) >= 11 is 0. The van der Waals surface area contributed by atoms with Gasteiger partial charge in [0, 0.05) is 17.6 Å². The minimum atomic E-state index is -0.561. The van der Waals surface area contributed by atoms with Gasteiger partial charge in [0.2, 0.25) is 0 Å². The van der Waals surface area contributed by atoms with E-state index in [-0.39, 0.29) is 17.8 Å². The molecular formula is C21H26FNO3. The third-order valence-corrected chi connectivity index (χ3v) is 5.14. The van der Waals surface area contributed by atoms with Crippen LogP contribution in [0.5, 0.6) is 17.2 Å². The zero-order chi connectivity index (χ0) is 18.7. The van der Waals surface area contributed by atoms with Gasteiger partial charge in [-0.15, -0.1) is 0 Å². The van der Waals surface area contributed by atoms with E-state index in [9.17, 15) is 9.50 Å². The van der Waals surface area contributed by atoms with Crippen LogP contribution < -0.4 is 14.8 Å². The lowest BCUT2D eigenvalue weighted by Crippen LogP contribution is -2.25. The summed E-state index contributed by atoms with van der Waals surface area (Å²) in [5.74, 6) is 0.563. The number of phenolic OH excluding ortho intramolecular Hbond substituents is 1. The van der Waals surface area contributed by atoms with E-state index in [2.05, 4.69) is 5.32 Å². The third kappa shape index (κ3) is 3.63. The average Bonchev–Trinajstić information content (AvgIpc) is 2.84. The topological polar surface area (TPSA) is 50.7 Å². The van der Waals surface area contributed by atoms with E-state index >= 15 is 0 Å². The number of methoxy groups -OCH3 is 2. The molecule has 2 N–H and O–H groups in total. The van der Waals surface area contributed by atoms with Crippen molar-refractivity contribution in [1.82, 2.24) is 5.32 Å². The lowest BCUT2D eigenvalue weighted by atomic mass is 9.96. The monoisotopic (exact) mass is 359 g/mol. The third-order valence-electron chi connectivity index (χ3n) is 5.14. The lowest BCUT2D eigenvalue weighted by molar-refractivity contribution is 0.352. The Hall–Kier alpha value is -2.27. The first kappa shape index (κ1) is 18.5. The second-order valence-corrected chi connectivity index (χ2v) is 6.77. The largest absolute Gasteiger partial charge is 0.505 e. The van der Waals surface area contributed by atoms with Gasteiger partial charge in [-0.25, -0.2) is 4.39 Å². The van der Waals surface area contributed by atoms with Gasteiger partial charge in [-0.3, -0.25) is 0 Å². The molecule has 1 aliphatic rings. The van der Waals surface area contributed by atoms with Crippen molar-refractivity contribution in [1.29, 1.82) is 0 Å². The van der Waals surface area contributed by atoms with Crippen molar-refractivity contribution in [2.75, 3.05) is 14.2 Å². The van der Waals surface area contributed by atoms with E-state index < -0.39 is 5.82 Å². The Kier molecular flexibility index (Phi) is 5.67. The van der Waals surface area contributed by atoms with Crippen LogP contribution >= 0.6 is 0 Å². The molecular weight excluding hydrogens is 333 g/mol. The fourth-order valence-corrected chi connectivity index (χ4v) is 3.73. The maximum Gasteiger partial charge on any atom is 0.169 e. The molecule has 0 fully saturated rings. The molecule has 5 heteroatoms. The molecule has 1 aliphatic carbocycles. The van der Waals surface area contributed by atoms with Gasteiger partial charge in [0.1, 0.15) is 0 Å². The molecule has 0 bridgehead atoms. The fourth-order valence-electron chi connectivity index (χ4n) is 3.73. The summed E-state index contributed by atoms with van der Waals surface area (Å²) in [7, 11) is 3.28. The highest BCUT2D eigenvalue weighted by molar-refractivity contribution is 5.49. The number of ether oxygens (including phenoxy) is 2. The van der Waals surface area contributed by atoms with Crippen molar-refractivity contribution in [3.8, 4) is 17.2 Å². The van der Waals surface area contributed by atoms with Gasteiger partial charge in [-0.1, -0.05) is 18.6 Å². The lowest BCUT2D eigenvalue weighted by Gasteiger charge is -2.25. The summed E-state index contributed by atoms with van der Waals surface area (Å²) in [6.45, 7) is 1.92. The van der Waals surface area contributed by atoms with Crippen molar-refractivity contribution in [3.63, 3.8) is 0 Å². The van der Waals surface area contributed by atoms with Gasteiger partial charge in [-0.2, -0.15) is 0 Å². The summed E-state index contributed by atoms with van der Waals surface area (Å²) < 4.78 is 25.2. The van der Waals surface area contributed by atoms with Crippen LogP contribution in [0.4, 0.5) is 4.39 Å². The van der Waals surface area contributed by atoms with Crippen LogP contribution in [0.2, 0.25) is 0 Å². The Morgan fingerprint density at radius 1 is 1.15 bits per heavy atom. The Morgan fingerprint density at radius 2 is 1.88 bits per heavy atom. The van der Waals surface area contributed by atoms with Gasteiger partial charge in [0.25, 0.3) is 0 Å². The van der Waals surface area contributed by atoms with Crippen LogP contribution in [0.15, 0.2) is 30.3 Å². The summed E-state index contributed by atoms with van der Waals surface area (Å²) in [6, 6.07) is 8.68. The van der Waals surface area contributed by atoms with Crippen molar-refractivity contribution >= 4 is 0 Å². The fraction of sp³-hybridized carbons (Fsp3) is 0.429. The van der Waals surface area contributed by atoms with Gasteiger partial charge < -0.3 is 19.9 Å². The molecule has 0 radical (unpaired) electrons. The average molecular weight is 359 g/mol. The summed E-state index contributed by atoms with van der Waals surface area (Å²) in [5.41, 5.74) is 2.88. The molecule has 140 valence electrons. The second kappa shape index (κ2) is 7.96. The minimum Gasteiger partial charge on any atom is -0.505 e. The van der Waals surface area contributed by atoms with Crippen LogP contribution in [0, 0.1) is 5.82 Å². The zero-order valence-corrected chi connectivity index (χ0v) is 15.5. The van der Waals surface area contributed by atoms with E-state index in [1.807, 2.05) is 19.1 Å². The van der Waals surface area contributed by atoms with E-state index in [4.69, 9.17) is 9.47 Å². The maximum absolute atomic E-state index is 14.3. The van der Waals surface area contributed by atoms with Crippen molar-refractivity contribution < 1.29 is 19.0 Å². The number of fused-ring (bicyclic) bond motifs is 1. The van der Waals surface area contributed by atoms with E-state index in [0.29, 0.717) is 11.3 Å². The highest BCUT2D eigenvalue weighted by atomic mass is 19.1. The van der Waals surface area contributed by atoms with Crippen LogP contribution in [-0.2, 0) is 6.42 Å². The van der Waals surface area contributed by atoms with Gasteiger partial charge in [-0.05, 0) is 55.5 Å². The van der Waals surface area contributed by atoms with E-state index in [1.54, 1.807) is 26.4 Å². The molecule has 2 aromatic rings. The predicted molar refractivity (Wildman–Crippen MR) is 99.5 cm³/mol. The van der Waals surface area contributed by atoms with E-state index in [1.165, 1.54) is 17.2 Å². The van der Waals surface area contributed by atoms with E-state index in [0.717, 1.165) is 31.4 Å². The van der Waals surface area contributed by atoms with Crippen LogP contribution in [0.25, 0.3) is 0 Å². The van der Waals surface area contributed by atoms with Crippen molar-refractivity contribution in [2.24, 2.45) is 0 Å². The number of phenols is 1. The Morgan fingerprint density at radius 3 is 2.62 bits per heavy atom. The molecule has 0 spiro atoms. The standard InChI is InChI=1S/C21H26FNO3/c1-13(15-8-6-10-18(24)21(15)22)23-17-9-5-4-7-14-11-19(25-2)20(26-3)12-16(14)17/h6,8,10-13,17,23-24H,4-5,7,9H2,1-3H3. The Balaban J connectivity index is 1.92. The number of nitrogens with one attached hydrogen (secondary N) is 1. The SMILES string of the molecule is COc1cc2c(cc1OC)C(NC(C)c1cccc(O)c1F)CCCC2. The highest BCUT2D eigenvalue weighted by Crippen LogP contribution is 2.38. The van der Waals surface area contributed by atoms with Crippen LogP contribution in [0.1, 0.15) is 55.0 Å². The van der Waals surface area contributed by atoms with Gasteiger partial charge in [0.05, 0.1) is 14.2 Å². The summed E-state index contributed by atoms with van der Waals surface area (Å²) in [4.78, 5) is 0. The molecule has 0 aliphatic heterocycles. The molecule has 3 rings (SSSR count). The van der Waals surface area contributed by atoms with Crippen LogP contribution in [-0.4, -0.2) is 19.3 Å².